The quantitative estimate of drug-likeness (QED) is 0.387. The molecule has 1 aliphatic heterocycles. The molecular formula is C3H4NP. The minimum absolute atomic E-state index is 1.00. The van der Waals surface area contributed by atoms with Crippen LogP contribution >= 0.6 is 8.20 Å². The van der Waals surface area contributed by atoms with E-state index in [4.69, 9.17) is 0 Å². The second kappa shape index (κ2) is 1.35. The zero-order chi connectivity index (χ0) is 3.54. The lowest BCUT2D eigenvalue weighted by molar-refractivity contribution is 1.18. The summed E-state index contributed by atoms with van der Waals surface area (Å²) in [5.41, 5.74) is 2.82. The molecule has 0 spiro atoms. The molecule has 0 saturated carbocycles. The molecule has 2 heteroatoms. The first-order valence-electron chi connectivity index (χ1n) is 1.58. The van der Waals surface area contributed by atoms with Gasteiger partial charge in [0.1, 0.15) is 0 Å². The van der Waals surface area contributed by atoms with E-state index in [0.717, 1.165) is 6.54 Å². The van der Waals surface area contributed by atoms with E-state index in [1.54, 1.807) is 0 Å². The fourth-order valence-corrected chi connectivity index (χ4v) is 0.750. The SMILES string of the molecule is C1=NCCP=1. The van der Waals surface area contributed by atoms with Gasteiger partial charge >= 0.3 is 0 Å². The van der Waals surface area contributed by atoms with Crippen LogP contribution in [0, 0.1) is 0 Å². The van der Waals surface area contributed by atoms with Crippen LogP contribution in [0.2, 0.25) is 0 Å². The lowest BCUT2D eigenvalue weighted by Crippen LogP contribution is -1.68. The maximum Gasteiger partial charge on any atom is 0.0569 e. The van der Waals surface area contributed by atoms with Gasteiger partial charge in [0.05, 0.1) is 6.54 Å². The molecule has 0 aliphatic carbocycles. The van der Waals surface area contributed by atoms with E-state index >= 15 is 0 Å². The van der Waals surface area contributed by atoms with Crippen LogP contribution in [0.3, 0.4) is 0 Å². The second-order valence-electron chi connectivity index (χ2n) is 0.863. The molecular weight excluding hydrogens is 81.0 g/mol. The molecule has 0 N–H and O–H groups in total. The first-order valence-corrected chi connectivity index (χ1v) is 2.66. The number of rotatable bonds is 0. The van der Waals surface area contributed by atoms with Crippen molar-refractivity contribution in [2.24, 2.45) is 4.99 Å². The zero-order valence-corrected chi connectivity index (χ0v) is 3.70. The van der Waals surface area contributed by atoms with Gasteiger partial charge in [-0.15, -0.1) is 0 Å². The highest BCUT2D eigenvalue weighted by Crippen LogP contribution is 1.95. The number of aliphatic imine (C=N–C) groups is 1. The summed E-state index contributed by atoms with van der Waals surface area (Å²) in [6.45, 7) is 1.00. The molecule has 0 aromatic carbocycles. The molecule has 0 radical (unpaired) electrons. The highest BCUT2D eigenvalue weighted by molar-refractivity contribution is 7.37. The minimum Gasteiger partial charge on any atom is -0.238 e. The van der Waals surface area contributed by atoms with Crippen LogP contribution in [-0.4, -0.2) is 18.3 Å². The molecule has 1 heterocycles. The van der Waals surface area contributed by atoms with Gasteiger partial charge in [0.15, 0.2) is 0 Å². The summed E-state index contributed by atoms with van der Waals surface area (Å²) < 4.78 is 0. The van der Waals surface area contributed by atoms with Crippen molar-refractivity contribution < 1.29 is 0 Å². The maximum absolute atomic E-state index is 3.82. The Balaban J connectivity index is 2.64. The van der Waals surface area contributed by atoms with Crippen LogP contribution in [0.25, 0.3) is 0 Å². The molecule has 0 aromatic rings. The number of hydrogen-bond acceptors (Lipinski definition) is 1. The van der Waals surface area contributed by atoms with Gasteiger partial charge in [0, 0.05) is 11.8 Å². The van der Waals surface area contributed by atoms with Gasteiger partial charge in [0.25, 0.3) is 0 Å². The molecule has 0 fully saturated rings. The third-order valence-electron chi connectivity index (χ3n) is 0.465. The molecule has 1 aliphatic rings. The second-order valence-corrected chi connectivity index (χ2v) is 1.83. The Hall–Kier alpha value is -0.120. The van der Waals surface area contributed by atoms with Crippen LogP contribution in [0.5, 0.6) is 0 Å². The van der Waals surface area contributed by atoms with Gasteiger partial charge in [0.2, 0.25) is 0 Å². The van der Waals surface area contributed by atoms with E-state index in [1.165, 1.54) is 14.4 Å². The Morgan fingerprint density at radius 1 is 1.80 bits per heavy atom. The van der Waals surface area contributed by atoms with Crippen LogP contribution in [0.1, 0.15) is 0 Å². The Morgan fingerprint density at radius 2 is 2.80 bits per heavy atom. The molecule has 0 aromatic heterocycles. The Morgan fingerprint density at radius 3 is 3.00 bits per heavy atom. The smallest absolute Gasteiger partial charge is 0.0569 e. The topological polar surface area (TPSA) is 12.4 Å². The Labute approximate surface area is 32.5 Å². The molecule has 0 saturated heterocycles. The van der Waals surface area contributed by atoms with E-state index in [-0.39, 0.29) is 0 Å². The number of nitrogens with zero attached hydrogens (tertiary/aromatic N) is 1. The van der Waals surface area contributed by atoms with E-state index in [1.807, 2.05) is 0 Å². The Kier molecular flexibility index (Phi) is 0.834. The molecule has 0 unspecified atom stereocenters. The standard InChI is InChI=1S/C3H4NP/c1-2-5-3-4-1/h1-2H2. The number of hydrogen-bond donors (Lipinski definition) is 0. The molecule has 1 rings (SSSR count). The summed E-state index contributed by atoms with van der Waals surface area (Å²) in [5, 5.41) is 0. The van der Waals surface area contributed by atoms with Crippen molar-refractivity contribution >= 4 is 13.8 Å². The van der Waals surface area contributed by atoms with Crippen molar-refractivity contribution in [2.45, 2.75) is 0 Å². The summed E-state index contributed by atoms with van der Waals surface area (Å²) in [4.78, 5) is 3.82. The molecule has 1 nitrogen and oxygen atoms in total. The lowest BCUT2D eigenvalue weighted by atomic mass is 10.8. The summed E-state index contributed by atoms with van der Waals surface area (Å²) in [5.74, 6) is 0. The predicted octanol–water partition coefficient (Wildman–Crippen LogP) is 0.852. The van der Waals surface area contributed by atoms with Gasteiger partial charge in [-0.25, -0.2) is 4.99 Å². The van der Waals surface area contributed by atoms with Crippen LogP contribution in [-0.2, 0) is 0 Å². The minimum atomic E-state index is 1.00. The van der Waals surface area contributed by atoms with E-state index < -0.39 is 0 Å². The van der Waals surface area contributed by atoms with Crippen molar-refractivity contribution in [2.75, 3.05) is 12.7 Å². The average molecular weight is 85.0 g/mol. The average Bonchev–Trinajstić information content (AvgIpc) is 1.76. The van der Waals surface area contributed by atoms with Gasteiger partial charge < -0.3 is 0 Å². The summed E-state index contributed by atoms with van der Waals surface area (Å²) in [6.07, 6.45) is 1.19. The molecule has 0 amide bonds. The first-order chi connectivity index (χ1) is 2.50. The maximum atomic E-state index is 3.82. The van der Waals surface area contributed by atoms with Gasteiger partial charge in [-0.1, -0.05) is 0 Å². The third kappa shape index (κ3) is 0.576. The van der Waals surface area contributed by atoms with Crippen molar-refractivity contribution in [1.82, 2.24) is 0 Å². The first kappa shape index (κ1) is 3.08. The fourth-order valence-electron chi connectivity index (χ4n) is 0.250. The highest BCUT2D eigenvalue weighted by atomic mass is 31.1. The van der Waals surface area contributed by atoms with Gasteiger partial charge in [-0.3, -0.25) is 0 Å². The largest absolute Gasteiger partial charge is 0.238 e. The zero-order valence-electron chi connectivity index (χ0n) is 2.81. The fraction of sp³-hybridized carbons (Fsp3) is 0.667. The van der Waals surface area contributed by atoms with E-state index in [2.05, 4.69) is 10.6 Å². The van der Waals surface area contributed by atoms with E-state index in [0.29, 0.717) is 0 Å². The van der Waals surface area contributed by atoms with Crippen LogP contribution < -0.4 is 0 Å². The Bertz CT molecular complexity index is 72.9. The van der Waals surface area contributed by atoms with Crippen molar-refractivity contribution in [3.8, 4) is 0 Å². The summed E-state index contributed by atoms with van der Waals surface area (Å²) in [7, 11) is 1.27. The van der Waals surface area contributed by atoms with Crippen molar-refractivity contribution in [1.29, 1.82) is 0 Å². The molecule has 0 atom stereocenters. The van der Waals surface area contributed by atoms with Crippen LogP contribution in [0.15, 0.2) is 4.99 Å². The monoisotopic (exact) mass is 85.0 g/mol. The van der Waals surface area contributed by atoms with E-state index in [9.17, 15) is 0 Å². The summed E-state index contributed by atoms with van der Waals surface area (Å²) in [6, 6.07) is 0. The molecule has 26 valence electrons. The van der Waals surface area contributed by atoms with Gasteiger partial charge in [-0.05, 0) is 8.20 Å². The van der Waals surface area contributed by atoms with Crippen molar-refractivity contribution in [3.63, 3.8) is 0 Å². The summed E-state index contributed by atoms with van der Waals surface area (Å²) >= 11 is 0. The van der Waals surface area contributed by atoms with Gasteiger partial charge in [-0.2, -0.15) is 0 Å². The highest BCUT2D eigenvalue weighted by Gasteiger charge is 1.78. The predicted molar refractivity (Wildman–Crippen MR) is 24.1 cm³/mol. The molecule has 0 bridgehead atoms. The lowest BCUT2D eigenvalue weighted by Gasteiger charge is -1.63. The van der Waals surface area contributed by atoms with Crippen LogP contribution in [0.4, 0.5) is 0 Å². The molecule has 5 heavy (non-hydrogen) atoms. The normalized spacial score (nSPS) is 20.8. The van der Waals surface area contributed by atoms with Crippen molar-refractivity contribution in [3.05, 3.63) is 0 Å². The third-order valence-corrected chi connectivity index (χ3v) is 1.17.